The van der Waals surface area contributed by atoms with E-state index in [1.165, 1.54) is 0 Å². The zero-order valence-electron chi connectivity index (χ0n) is 10.8. The van der Waals surface area contributed by atoms with Gasteiger partial charge in [0.15, 0.2) is 0 Å². The number of primary amides is 1. The molecule has 0 aliphatic carbocycles. The van der Waals surface area contributed by atoms with E-state index in [-0.39, 0.29) is 13.0 Å². The first-order valence-electron chi connectivity index (χ1n) is 6.01. The normalized spacial score (nSPS) is 11.7. The number of hydrogen-bond acceptors (Lipinski definition) is 4. The summed E-state index contributed by atoms with van der Waals surface area (Å²) >= 11 is 0. The van der Waals surface area contributed by atoms with Crippen molar-refractivity contribution >= 4 is 17.8 Å². The maximum absolute atomic E-state index is 11.8. The van der Waals surface area contributed by atoms with Gasteiger partial charge < -0.3 is 21.9 Å². The van der Waals surface area contributed by atoms with Crippen LogP contribution in [-0.2, 0) is 27.3 Å². The Bertz CT molecular complexity index is 516. The number of nitrogens with two attached hydrogens (primary N) is 2. The summed E-state index contributed by atoms with van der Waals surface area (Å²) in [6, 6.07) is 5.79. The molecule has 1 rings (SSSR count). The van der Waals surface area contributed by atoms with E-state index in [2.05, 4.69) is 5.32 Å². The highest BCUT2D eigenvalue weighted by molar-refractivity contribution is 5.88. The highest BCUT2D eigenvalue weighted by Gasteiger charge is 2.22. The van der Waals surface area contributed by atoms with Crippen molar-refractivity contribution in [3.63, 3.8) is 0 Å². The van der Waals surface area contributed by atoms with Crippen molar-refractivity contribution in [1.82, 2.24) is 5.32 Å². The van der Waals surface area contributed by atoms with Crippen LogP contribution >= 0.6 is 0 Å². The molecule has 20 heavy (non-hydrogen) atoms. The van der Waals surface area contributed by atoms with E-state index in [1.807, 2.05) is 0 Å². The first-order chi connectivity index (χ1) is 9.43. The molecule has 0 spiro atoms. The number of aliphatic carboxylic acids is 1. The van der Waals surface area contributed by atoms with E-state index in [0.29, 0.717) is 0 Å². The summed E-state index contributed by atoms with van der Waals surface area (Å²) in [5.41, 5.74) is 12.0. The van der Waals surface area contributed by atoms with Gasteiger partial charge in [-0.15, -0.1) is 0 Å². The Morgan fingerprint density at radius 1 is 1.20 bits per heavy atom. The number of nitrogens with one attached hydrogen (secondary N) is 1. The molecule has 108 valence electrons. The lowest BCUT2D eigenvalue weighted by Crippen LogP contribution is -2.44. The largest absolute Gasteiger partial charge is 0.480 e. The van der Waals surface area contributed by atoms with E-state index in [4.69, 9.17) is 16.6 Å². The van der Waals surface area contributed by atoms with Crippen LogP contribution in [0.2, 0.25) is 0 Å². The highest BCUT2D eigenvalue weighted by atomic mass is 16.4. The van der Waals surface area contributed by atoms with Gasteiger partial charge in [0.2, 0.25) is 11.8 Å². The van der Waals surface area contributed by atoms with Gasteiger partial charge in [0, 0.05) is 6.54 Å². The lowest BCUT2D eigenvalue weighted by molar-refractivity contribution is -0.143. The molecule has 2 amide bonds. The molecule has 1 atom stereocenters. The molecule has 0 saturated heterocycles. The molecule has 0 aromatic heterocycles. The zero-order valence-corrected chi connectivity index (χ0v) is 10.8. The molecule has 0 bridgehead atoms. The average molecular weight is 279 g/mol. The van der Waals surface area contributed by atoms with Gasteiger partial charge in [-0.1, -0.05) is 24.3 Å². The monoisotopic (exact) mass is 279 g/mol. The van der Waals surface area contributed by atoms with Crippen molar-refractivity contribution in [2.24, 2.45) is 11.5 Å². The number of rotatable bonds is 7. The average Bonchev–Trinajstić information content (AvgIpc) is 2.37. The third kappa shape index (κ3) is 4.69. The van der Waals surface area contributed by atoms with Crippen LogP contribution in [0.5, 0.6) is 0 Å². The van der Waals surface area contributed by atoms with E-state index in [9.17, 15) is 14.4 Å². The van der Waals surface area contributed by atoms with Crippen LogP contribution in [0.25, 0.3) is 0 Å². The fourth-order valence-electron chi connectivity index (χ4n) is 1.75. The first kappa shape index (κ1) is 15.6. The molecule has 7 nitrogen and oxygen atoms in total. The first-order valence-corrected chi connectivity index (χ1v) is 6.01. The molecule has 6 N–H and O–H groups in total. The van der Waals surface area contributed by atoms with Gasteiger partial charge in [-0.05, 0) is 11.1 Å². The number of carboxylic acid groups (broad SMARTS) is 1. The molecular weight excluding hydrogens is 262 g/mol. The molecular formula is C13H17N3O4. The molecule has 0 fully saturated rings. The SMILES string of the molecule is NCc1ccccc1CC(=O)N[C@H](CC(N)=O)C(=O)O. The topological polar surface area (TPSA) is 136 Å². The van der Waals surface area contributed by atoms with Gasteiger partial charge in [-0.25, -0.2) is 4.79 Å². The van der Waals surface area contributed by atoms with Crippen LogP contribution in [0.1, 0.15) is 17.5 Å². The Morgan fingerprint density at radius 2 is 1.80 bits per heavy atom. The predicted octanol–water partition coefficient (Wildman–Crippen LogP) is -0.867. The van der Waals surface area contributed by atoms with Crippen LogP contribution in [0.3, 0.4) is 0 Å². The lowest BCUT2D eigenvalue weighted by Gasteiger charge is -2.13. The minimum Gasteiger partial charge on any atom is -0.480 e. The summed E-state index contributed by atoms with van der Waals surface area (Å²) in [4.78, 5) is 33.5. The van der Waals surface area contributed by atoms with Crippen molar-refractivity contribution in [3.05, 3.63) is 35.4 Å². The summed E-state index contributed by atoms with van der Waals surface area (Å²) < 4.78 is 0. The van der Waals surface area contributed by atoms with Gasteiger partial charge in [0.25, 0.3) is 0 Å². The maximum Gasteiger partial charge on any atom is 0.326 e. The van der Waals surface area contributed by atoms with Crippen molar-refractivity contribution in [1.29, 1.82) is 0 Å². The van der Waals surface area contributed by atoms with Crippen LogP contribution in [0.4, 0.5) is 0 Å². The molecule has 0 aliphatic rings. The molecule has 0 heterocycles. The number of carbonyl (C=O) groups excluding carboxylic acids is 2. The number of amides is 2. The molecule has 1 aromatic carbocycles. The highest BCUT2D eigenvalue weighted by Crippen LogP contribution is 2.08. The number of hydrogen-bond donors (Lipinski definition) is 4. The fourth-order valence-corrected chi connectivity index (χ4v) is 1.75. The van der Waals surface area contributed by atoms with Crippen LogP contribution in [0, 0.1) is 0 Å². The van der Waals surface area contributed by atoms with E-state index >= 15 is 0 Å². The molecule has 7 heteroatoms. The Balaban J connectivity index is 2.70. The summed E-state index contributed by atoms with van der Waals surface area (Å²) in [5, 5.41) is 11.2. The molecule has 0 radical (unpaired) electrons. The number of carboxylic acids is 1. The van der Waals surface area contributed by atoms with Crippen molar-refractivity contribution in [2.45, 2.75) is 25.4 Å². The second-order valence-corrected chi connectivity index (χ2v) is 4.28. The smallest absolute Gasteiger partial charge is 0.326 e. The third-order valence-electron chi connectivity index (χ3n) is 2.73. The second-order valence-electron chi connectivity index (χ2n) is 4.28. The Labute approximate surface area is 115 Å². The van der Waals surface area contributed by atoms with Crippen LogP contribution in [0.15, 0.2) is 24.3 Å². The van der Waals surface area contributed by atoms with Crippen LogP contribution in [-0.4, -0.2) is 28.9 Å². The van der Waals surface area contributed by atoms with Crippen molar-refractivity contribution < 1.29 is 19.5 Å². The number of benzene rings is 1. The molecule has 0 saturated carbocycles. The minimum absolute atomic E-state index is 0.00405. The summed E-state index contributed by atoms with van der Waals surface area (Å²) in [6.45, 7) is 0.285. The Hall–Kier alpha value is -2.41. The van der Waals surface area contributed by atoms with E-state index < -0.39 is 30.2 Å². The van der Waals surface area contributed by atoms with E-state index in [1.54, 1.807) is 24.3 Å². The van der Waals surface area contributed by atoms with Gasteiger partial charge >= 0.3 is 5.97 Å². The summed E-state index contributed by atoms with van der Waals surface area (Å²) in [5.74, 6) is -2.59. The summed E-state index contributed by atoms with van der Waals surface area (Å²) in [7, 11) is 0. The minimum atomic E-state index is -1.31. The van der Waals surface area contributed by atoms with Crippen molar-refractivity contribution in [3.8, 4) is 0 Å². The lowest BCUT2D eigenvalue weighted by atomic mass is 10.0. The molecule has 1 aromatic rings. The predicted molar refractivity (Wildman–Crippen MR) is 71.4 cm³/mol. The number of carbonyl (C=O) groups is 3. The van der Waals surface area contributed by atoms with Gasteiger partial charge in [0.05, 0.1) is 12.8 Å². The Morgan fingerprint density at radius 3 is 2.30 bits per heavy atom. The standard InChI is InChI=1S/C13H17N3O4/c14-7-9-4-2-1-3-8(9)5-12(18)16-10(13(19)20)6-11(15)17/h1-4,10H,5-7,14H2,(H2,15,17)(H,16,18)(H,19,20)/t10-/m1/s1. The fraction of sp³-hybridized carbons (Fsp3) is 0.308. The van der Waals surface area contributed by atoms with Gasteiger partial charge in [-0.3, -0.25) is 9.59 Å². The Kier molecular flexibility index (Phi) is 5.67. The third-order valence-corrected chi connectivity index (χ3v) is 2.73. The zero-order chi connectivity index (χ0) is 15.1. The van der Waals surface area contributed by atoms with Gasteiger partial charge in [0.1, 0.15) is 6.04 Å². The summed E-state index contributed by atoms with van der Waals surface area (Å²) in [6.07, 6.45) is -0.449. The maximum atomic E-state index is 11.8. The second kappa shape index (κ2) is 7.25. The van der Waals surface area contributed by atoms with Gasteiger partial charge in [-0.2, -0.15) is 0 Å². The van der Waals surface area contributed by atoms with Crippen LogP contribution < -0.4 is 16.8 Å². The molecule has 0 unspecified atom stereocenters. The molecule has 0 aliphatic heterocycles. The van der Waals surface area contributed by atoms with Crippen molar-refractivity contribution in [2.75, 3.05) is 0 Å². The van der Waals surface area contributed by atoms with E-state index in [0.717, 1.165) is 11.1 Å². The quantitative estimate of drug-likeness (QED) is 0.514.